The average molecular weight is 256 g/mol. The summed E-state index contributed by atoms with van der Waals surface area (Å²) in [6.45, 7) is 4.89. The highest BCUT2D eigenvalue weighted by Crippen LogP contribution is 2.21. The van der Waals surface area contributed by atoms with Crippen molar-refractivity contribution in [3.8, 4) is 6.07 Å². The molecule has 0 spiro atoms. The van der Waals surface area contributed by atoms with Gasteiger partial charge in [-0.3, -0.25) is 5.32 Å². The van der Waals surface area contributed by atoms with Crippen LogP contribution in [0.1, 0.15) is 27.6 Å². The second-order valence-electron chi connectivity index (χ2n) is 4.31. The number of rotatable bonds is 4. The summed E-state index contributed by atoms with van der Waals surface area (Å²) in [6, 6.07) is 12.3. The van der Waals surface area contributed by atoms with E-state index in [0.717, 1.165) is 12.1 Å². The average Bonchev–Trinajstić information content (AvgIpc) is 2.88. The van der Waals surface area contributed by atoms with Crippen LogP contribution in [0.5, 0.6) is 0 Å². The van der Waals surface area contributed by atoms with E-state index >= 15 is 0 Å². The fourth-order valence-corrected chi connectivity index (χ4v) is 2.58. The first kappa shape index (κ1) is 12.8. The summed E-state index contributed by atoms with van der Waals surface area (Å²) in [5, 5.41) is 14.7. The molecule has 1 aromatic carbocycles. The van der Waals surface area contributed by atoms with Crippen LogP contribution in [-0.2, 0) is 6.54 Å². The lowest BCUT2D eigenvalue weighted by Crippen LogP contribution is -2.20. The second kappa shape index (κ2) is 5.81. The van der Waals surface area contributed by atoms with Gasteiger partial charge in [0.05, 0.1) is 6.07 Å². The van der Waals surface area contributed by atoms with E-state index in [1.807, 2.05) is 18.2 Å². The predicted octanol–water partition coefficient (Wildman–Crippen LogP) is 3.72. The van der Waals surface area contributed by atoms with Gasteiger partial charge in [-0.25, -0.2) is 0 Å². The first-order valence-electron chi connectivity index (χ1n) is 5.94. The molecule has 0 radical (unpaired) electrons. The lowest BCUT2D eigenvalue weighted by Gasteiger charge is -2.15. The van der Waals surface area contributed by atoms with E-state index in [4.69, 9.17) is 0 Å². The summed E-state index contributed by atoms with van der Waals surface area (Å²) in [5.74, 6) is 0. The molecule has 0 bridgehead atoms. The minimum atomic E-state index is -0.244. The molecule has 1 N–H and O–H groups in total. The Kier molecular flexibility index (Phi) is 4.14. The standard InChI is InChI=1S/C15H16N2S/c1-11-5-3-7-14(12(11)2)15(9-16)17-10-13-6-4-8-18-13/h3-8,15,17H,10H2,1-2H3. The molecule has 1 atom stereocenters. The number of nitrogens with zero attached hydrogens (tertiary/aromatic N) is 1. The van der Waals surface area contributed by atoms with E-state index in [0.29, 0.717) is 0 Å². The molecule has 1 heterocycles. The molecule has 0 saturated heterocycles. The van der Waals surface area contributed by atoms with Gasteiger partial charge in [-0.1, -0.05) is 24.3 Å². The summed E-state index contributed by atoms with van der Waals surface area (Å²) in [5.41, 5.74) is 3.50. The van der Waals surface area contributed by atoms with Gasteiger partial charge in [0.15, 0.2) is 0 Å². The number of nitriles is 1. The third kappa shape index (κ3) is 2.79. The number of hydrogen-bond donors (Lipinski definition) is 1. The van der Waals surface area contributed by atoms with E-state index in [1.165, 1.54) is 16.0 Å². The summed E-state index contributed by atoms with van der Waals surface area (Å²) in [4.78, 5) is 1.25. The quantitative estimate of drug-likeness (QED) is 0.905. The molecule has 0 aliphatic carbocycles. The van der Waals surface area contributed by atoms with Gasteiger partial charge in [0.2, 0.25) is 0 Å². The SMILES string of the molecule is Cc1cccc(C(C#N)NCc2cccs2)c1C. The smallest absolute Gasteiger partial charge is 0.121 e. The van der Waals surface area contributed by atoms with Gasteiger partial charge in [0.1, 0.15) is 6.04 Å². The maximum atomic E-state index is 9.31. The Bertz CT molecular complexity index is 552. The molecule has 0 fully saturated rings. The molecular formula is C15H16N2S. The van der Waals surface area contributed by atoms with Crippen LogP contribution in [0.25, 0.3) is 0 Å². The number of thiophene rings is 1. The summed E-state index contributed by atoms with van der Waals surface area (Å²) < 4.78 is 0. The summed E-state index contributed by atoms with van der Waals surface area (Å²) in [6.07, 6.45) is 0. The number of nitrogens with one attached hydrogen (secondary N) is 1. The molecule has 2 rings (SSSR count). The zero-order valence-electron chi connectivity index (χ0n) is 10.6. The van der Waals surface area contributed by atoms with Crippen LogP contribution in [0, 0.1) is 25.2 Å². The Hall–Kier alpha value is -1.63. The number of hydrogen-bond acceptors (Lipinski definition) is 3. The second-order valence-corrected chi connectivity index (χ2v) is 5.34. The van der Waals surface area contributed by atoms with E-state index in [2.05, 4.69) is 42.7 Å². The monoisotopic (exact) mass is 256 g/mol. The Labute approximate surface area is 112 Å². The van der Waals surface area contributed by atoms with Crippen molar-refractivity contribution in [1.29, 1.82) is 5.26 Å². The largest absolute Gasteiger partial charge is 0.293 e. The molecular weight excluding hydrogens is 240 g/mol. The Morgan fingerprint density at radius 2 is 2.11 bits per heavy atom. The Morgan fingerprint density at radius 1 is 1.28 bits per heavy atom. The molecule has 0 saturated carbocycles. The van der Waals surface area contributed by atoms with Crippen molar-refractivity contribution >= 4 is 11.3 Å². The highest BCUT2D eigenvalue weighted by atomic mass is 32.1. The van der Waals surface area contributed by atoms with Crippen molar-refractivity contribution < 1.29 is 0 Å². The summed E-state index contributed by atoms with van der Waals surface area (Å²) in [7, 11) is 0. The zero-order valence-corrected chi connectivity index (χ0v) is 11.4. The highest BCUT2D eigenvalue weighted by Gasteiger charge is 2.13. The fraction of sp³-hybridized carbons (Fsp3) is 0.267. The maximum Gasteiger partial charge on any atom is 0.121 e. The van der Waals surface area contributed by atoms with Crippen LogP contribution < -0.4 is 5.32 Å². The van der Waals surface area contributed by atoms with Crippen LogP contribution >= 0.6 is 11.3 Å². The van der Waals surface area contributed by atoms with Crippen LogP contribution in [0.2, 0.25) is 0 Å². The number of aryl methyl sites for hydroxylation is 1. The minimum Gasteiger partial charge on any atom is -0.293 e. The normalized spacial score (nSPS) is 12.1. The highest BCUT2D eigenvalue weighted by molar-refractivity contribution is 7.09. The lowest BCUT2D eigenvalue weighted by molar-refractivity contribution is 0.632. The fourth-order valence-electron chi connectivity index (χ4n) is 1.93. The van der Waals surface area contributed by atoms with Crippen LogP contribution in [-0.4, -0.2) is 0 Å². The van der Waals surface area contributed by atoms with Gasteiger partial charge in [0.25, 0.3) is 0 Å². The molecule has 3 heteroatoms. The molecule has 1 unspecified atom stereocenters. The molecule has 0 aliphatic heterocycles. The Balaban J connectivity index is 2.14. The first-order valence-corrected chi connectivity index (χ1v) is 6.82. The van der Waals surface area contributed by atoms with Crippen LogP contribution in [0.4, 0.5) is 0 Å². The van der Waals surface area contributed by atoms with Crippen LogP contribution in [0.15, 0.2) is 35.7 Å². The van der Waals surface area contributed by atoms with Gasteiger partial charge in [0, 0.05) is 11.4 Å². The van der Waals surface area contributed by atoms with E-state index in [9.17, 15) is 5.26 Å². The maximum absolute atomic E-state index is 9.31. The molecule has 0 amide bonds. The van der Waals surface area contributed by atoms with Crippen molar-refractivity contribution in [3.63, 3.8) is 0 Å². The van der Waals surface area contributed by atoms with Gasteiger partial charge >= 0.3 is 0 Å². The van der Waals surface area contributed by atoms with Gasteiger partial charge in [-0.05, 0) is 42.0 Å². The first-order chi connectivity index (χ1) is 8.72. The topological polar surface area (TPSA) is 35.8 Å². The van der Waals surface area contributed by atoms with Crippen molar-refractivity contribution in [1.82, 2.24) is 5.32 Å². The van der Waals surface area contributed by atoms with E-state index < -0.39 is 0 Å². The van der Waals surface area contributed by atoms with E-state index in [1.54, 1.807) is 11.3 Å². The molecule has 2 nitrogen and oxygen atoms in total. The van der Waals surface area contributed by atoms with Crippen molar-refractivity contribution in [2.45, 2.75) is 26.4 Å². The van der Waals surface area contributed by atoms with Crippen molar-refractivity contribution in [2.75, 3.05) is 0 Å². The van der Waals surface area contributed by atoms with Crippen molar-refractivity contribution in [2.24, 2.45) is 0 Å². The molecule has 1 aromatic heterocycles. The predicted molar refractivity (Wildman–Crippen MR) is 75.4 cm³/mol. The summed E-state index contributed by atoms with van der Waals surface area (Å²) >= 11 is 1.71. The molecule has 18 heavy (non-hydrogen) atoms. The van der Waals surface area contributed by atoms with Gasteiger partial charge in [-0.15, -0.1) is 11.3 Å². The van der Waals surface area contributed by atoms with E-state index in [-0.39, 0.29) is 6.04 Å². The third-order valence-corrected chi connectivity index (χ3v) is 4.02. The van der Waals surface area contributed by atoms with Gasteiger partial charge in [-0.2, -0.15) is 5.26 Å². The van der Waals surface area contributed by atoms with Gasteiger partial charge < -0.3 is 0 Å². The molecule has 0 aliphatic rings. The molecule has 92 valence electrons. The zero-order chi connectivity index (χ0) is 13.0. The number of benzene rings is 1. The van der Waals surface area contributed by atoms with Crippen molar-refractivity contribution in [3.05, 3.63) is 57.3 Å². The third-order valence-electron chi connectivity index (χ3n) is 3.15. The minimum absolute atomic E-state index is 0.244. The van der Waals surface area contributed by atoms with Crippen LogP contribution in [0.3, 0.4) is 0 Å². The lowest BCUT2D eigenvalue weighted by atomic mass is 9.98. The Morgan fingerprint density at radius 3 is 2.78 bits per heavy atom. The molecule has 2 aromatic rings.